The maximum atomic E-state index is 4.13. The van der Waals surface area contributed by atoms with E-state index in [0.717, 1.165) is 10.8 Å². The monoisotopic (exact) mass is 266 g/mol. The van der Waals surface area contributed by atoms with Crippen molar-refractivity contribution in [2.45, 2.75) is 52.4 Å². The predicted octanol–water partition coefficient (Wildman–Crippen LogP) is 3.54. The Hall–Kier alpha value is -1.23. The summed E-state index contributed by atoms with van der Waals surface area (Å²) in [5, 5.41) is 8.81. The minimum absolute atomic E-state index is 0.156. The highest BCUT2D eigenvalue weighted by Gasteiger charge is 2.16. The van der Waals surface area contributed by atoms with E-state index in [2.05, 4.69) is 61.7 Å². The molecule has 100 valence electrons. The highest BCUT2D eigenvalue weighted by Crippen LogP contribution is 2.22. The number of rotatable bonds is 0. The first kappa shape index (κ1) is 14.8. The van der Waals surface area contributed by atoms with Gasteiger partial charge in [0.2, 0.25) is 0 Å². The molecule has 2 heterocycles. The third-order valence-corrected chi connectivity index (χ3v) is 3.33. The summed E-state index contributed by atoms with van der Waals surface area (Å²) in [6.45, 7) is 12.8. The van der Waals surface area contributed by atoms with Crippen LogP contribution in [-0.2, 0) is 10.8 Å². The molecule has 18 heavy (non-hydrogen) atoms. The standard InChI is InChI=1S/C7H12N2.C6H10N2S/c1-7(2,3)6-8-4-5-9-6;1-6(2,3)5-8-7-4-9-5/h4-5H,1-3H3,(H,8,9);4H,1-3H3. The molecule has 0 fully saturated rings. The minimum atomic E-state index is 0.156. The summed E-state index contributed by atoms with van der Waals surface area (Å²) < 4.78 is 0. The molecule has 0 atom stereocenters. The van der Waals surface area contributed by atoms with Crippen LogP contribution in [0.3, 0.4) is 0 Å². The number of hydrogen-bond acceptors (Lipinski definition) is 4. The lowest BCUT2D eigenvalue weighted by atomic mass is 9.96. The van der Waals surface area contributed by atoms with E-state index in [1.54, 1.807) is 23.0 Å². The molecule has 0 aliphatic rings. The first-order valence-electron chi connectivity index (χ1n) is 5.98. The fraction of sp³-hybridized carbons (Fsp3) is 0.615. The largest absolute Gasteiger partial charge is 0.348 e. The van der Waals surface area contributed by atoms with Crippen LogP contribution in [0.4, 0.5) is 0 Å². The van der Waals surface area contributed by atoms with E-state index in [4.69, 9.17) is 0 Å². The normalized spacial score (nSPS) is 11.9. The summed E-state index contributed by atoms with van der Waals surface area (Å²) in [6, 6.07) is 0. The van der Waals surface area contributed by atoms with Crippen molar-refractivity contribution < 1.29 is 0 Å². The lowest BCUT2D eigenvalue weighted by molar-refractivity contribution is 0.552. The summed E-state index contributed by atoms with van der Waals surface area (Å²) in [4.78, 5) is 7.20. The van der Waals surface area contributed by atoms with Gasteiger partial charge >= 0.3 is 0 Å². The van der Waals surface area contributed by atoms with Crippen LogP contribution >= 0.6 is 11.3 Å². The highest BCUT2D eigenvalue weighted by atomic mass is 32.1. The fourth-order valence-electron chi connectivity index (χ4n) is 1.18. The number of hydrogen-bond donors (Lipinski definition) is 1. The van der Waals surface area contributed by atoms with Gasteiger partial charge in [-0.05, 0) is 0 Å². The van der Waals surface area contributed by atoms with E-state index in [1.807, 2.05) is 6.20 Å². The fourth-order valence-corrected chi connectivity index (χ4v) is 1.82. The van der Waals surface area contributed by atoms with Gasteiger partial charge in [0.1, 0.15) is 16.3 Å². The van der Waals surface area contributed by atoms with Crippen molar-refractivity contribution >= 4 is 11.3 Å². The summed E-state index contributed by atoms with van der Waals surface area (Å²) in [5.74, 6) is 1.04. The first-order chi connectivity index (χ1) is 8.21. The lowest BCUT2D eigenvalue weighted by Crippen LogP contribution is -2.12. The molecule has 0 aromatic carbocycles. The number of nitrogens with one attached hydrogen (secondary N) is 1. The van der Waals surface area contributed by atoms with Crippen molar-refractivity contribution in [2.75, 3.05) is 0 Å². The van der Waals surface area contributed by atoms with Crippen LogP contribution in [0.15, 0.2) is 17.9 Å². The van der Waals surface area contributed by atoms with Gasteiger partial charge in [-0.25, -0.2) is 4.98 Å². The van der Waals surface area contributed by atoms with Crippen LogP contribution in [0.5, 0.6) is 0 Å². The van der Waals surface area contributed by atoms with Gasteiger partial charge in [-0.2, -0.15) is 0 Å². The average molecular weight is 266 g/mol. The first-order valence-corrected chi connectivity index (χ1v) is 6.86. The predicted molar refractivity (Wildman–Crippen MR) is 75.9 cm³/mol. The second-order valence-corrected chi connectivity index (χ2v) is 7.01. The van der Waals surface area contributed by atoms with Gasteiger partial charge < -0.3 is 4.98 Å². The van der Waals surface area contributed by atoms with Crippen molar-refractivity contribution in [3.63, 3.8) is 0 Å². The third-order valence-electron chi connectivity index (χ3n) is 2.21. The molecule has 2 aromatic heterocycles. The zero-order chi connectivity index (χ0) is 13.8. The molecule has 0 aliphatic carbocycles. The topological polar surface area (TPSA) is 54.5 Å². The van der Waals surface area contributed by atoms with Gasteiger partial charge in [0.25, 0.3) is 0 Å². The summed E-state index contributed by atoms with van der Waals surface area (Å²) in [7, 11) is 0. The summed E-state index contributed by atoms with van der Waals surface area (Å²) in [5.41, 5.74) is 2.09. The molecule has 0 amide bonds. The van der Waals surface area contributed by atoms with E-state index in [1.165, 1.54) is 0 Å². The Morgan fingerprint density at radius 1 is 1.06 bits per heavy atom. The van der Waals surface area contributed by atoms with E-state index in [9.17, 15) is 0 Å². The quantitative estimate of drug-likeness (QED) is 0.793. The van der Waals surface area contributed by atoms with Crippen LogP contribution in [0.2, 0.25) is 0 Å². The summed E-state index contributed by atoms with van der Waals surface area (Å²) >= 11 is 1.61. The molecule has 1 N–H and O–H groups in total. The Morgan fingerprint density at radius 2 is 1.72 bits per heavy atom. The number of nitrogens with zero attached hydrogens (tertiary/aromatic N) is 3. The molecular weight excluding hydrogens is 244 g/mol. The lowest BCUT2D eigenvalue weighted by Gasteiger charge is -2.13. The second kappa shape index (κ2) is 5.61. The highest BCUT2D eigenvalue weighted by molar-refractivity contribution is 7.09. The molecule has 0 spiro atoms. The zero-order valence-corrected chi connectivity index (χ0v) is 12.8. The maximum Gasteiger partial charge on any atom is 0.122 e. The van der Waals surface area contributed by atoms with Crippen LogP contribution in [0.1, 0.15) is 52.4 Å². The Bertz CT molecular complexity index is 388. The van der Waals surface area contributed by atoms with Crippen molar-refractivity contribution in [3.05, 3.63) is 28.7 Å². The molecule has 0 aliphatic heterocycles. The molecular formula is C13H22N4S. The molecule has 0 unspecified atom stereocenters. The number of aromatic nitrogens is 4. The Balaban J connectivity index is 0.000000180. The van der Waals surface area contributed by atoms with Gasteiger partial charge in [-0.1, -0.05) is 41.5 Å². The number of aromatic amines is 1. The smallest absolute Gasteiger partial charge is 0.122 e. The SMILES string of the molecule is CC(C)(C)c1ncc[nH]1.CC(C)(C)c1nncs1. The molecule has 2 rings (SSSR count). The van der Waals surface area contributed by atoms with Gasteiger partial charge in [0.05, 0.1) is 0 Å². The van der Waals surface area contributed by atoms with Crippen molar-refractivity contribution in [1.82, 2.24) is 20.2 Å². The van der Waals surface area contributed by atoms with Gasteiger partial charge in [0, 0.05) is 23.2 Å². The Kier molecular flexibility index (Phi) is 4.62. The molecule has 0 radical (unpaired) electrons. The third kappa shape index (κ3) is 4.56. The van der Waals surface area contributed by atoms with E-state index < -0.39 is 0 Å². The van der Waals surface area contributed by atoms with Crippen molar-refractivity contribution in [1.29, 1.82) is 0 Å². The van der Waals surface area contributed by atoms with E-state index in [0.29, 0.717) is 0 Å². The van der Waals surface area contributed by atoms with Crippen LogP contribution in [0.25, 0.3) is 0 Å². The van der Waals surface area contributed by atoms with Crippen molar-refractivity contribution in [2.24, 2.45) is 0 Å². The summed E-state index contributed by atoms with van der Waals surface area (Å²) in [6.07, 6.45) is 3.63. The minimum Gasteiger partial charge on any atom is -0.348 e. The molecule has 0 saturated heterocycles. The Morgan fingerprint density at radius 3 is 1.94 bits per heavy atom. The number of imidazole rings is 1. The van der Waals surface area contributed by atoms with Gasteiger partial charge in [0.15, 0.2) is 0 Å². The molecule has 0 bridgehead atoms. The maximum absolute atomic E-state index is 4.13. The van der Waals surface area contributed by atoms with Crippen LogP contribution in [0, 0.1) is 0 Å². The van der Waals surface area contributed by atoms with E-state index in [-0.39, 0.29) is 10.8 Å². The molecule has 4 nitrogen and oxygen atoms in total. The van der Waals surface area contributed by atoms with Crippen LogP contribution in [-0.4, -0.2) is 20.2 Å². The average Bonchev–Trinajstić information content (AvgIpc) is 2.91. The Labute approximate surface area is 113 Å². The number of H-pyrrole nitrogens is 1. The van der Waals surface area contributed by atoms with Crippen LogP contribution < -0.4 is 0 Å². The molecule has 2 aromatic rings. The molecule has 5 heteroatoms. The zero-order valence-electron chi connectivity index (χ0n) is 12.0. The van der Waals surface area contributed by atoms with Gasteiger partial charge in [-0.3, -0.25) is 0 Å². The van der Waals surface area contributed by atoms with Gasteiger partial charge in [-0.15, -0.1) is 21.5 Å². The molecule has 0 saturated carbocycles. The second-order valence-electron chi connectivity index (χ2n) is 6.18. The van der Waals surface area contributed by atoms with Crippen molar-refractivity contribution in [3.8, 4) is 0 Å². The van der Waals surface area contributed by atoms with E-state index >= 15 is 0 Å².